The van der Waals surface area contributed by atoms with Gasteiger partial charge in [-0.05, 0) is 54.2 Å². The van der Waals surface area contributed by atoms with Crippen molar-refractivity contribution in [3.63, 3.8) is 0 Å². The molecule has 0 spiro atoms. The summed E-state index contributed by atoms with van der Waals surface area (Å²) in [5.74, 6) is -0.0615. The van der Waals surface area contributed by atoms with E-state index in [0.29, 0.717) is 19.6 Å². The van der Waals surface area contributed by atoms with Gasteiger partial charge in [-0.15, -0.1) is 0 Å². The van der Waals surface area contributed by atoms with E-state index in [9.17, 15) is 9.59 Å². The van der Waals surface area contributed by atoms with E-state index in [2.05, 4.69) is 29.4 Å². The highest BCUT2D eigenvalue weighted by Gasteiger charge is 2.22. The molecule has 3 aromatic carbocycles. The number of rotatable bonds is 11. The van der Waals surface area contributed by atoms with Gasteiger partial charge in [0, 0.05) is 42.4 Å². The Labute approximate surface area is 219 Å². The van der Waals surface area contributed by atoms with Crippen LogP contribution in [0.2, 0.25) is 0 Å². The first kappa shape index (κ1) is 26.0. The lowest BCUT2D eigenvalue weighted by atomic mass is 10.1. The highest BCUT2D eigenvalue weighted by molar-refractivity contribution is 5.92. The van der Waals surface area contributed by atoms with Crippen LogP contribution in [0, 0.1) is 0 Å². The summed E-state index contributed by atoms with van der Waals surface area (Å²) in [5.41, 5.74) is 5.29. The number of aromatic amines is 1. The number of hydrogen-bond donors (Lipinski definition) is 2. The van der Waals surface area contributed by atoms with E-state index in [1.807, 2.05) is 84.8 Å². The van der Waals surface area contributed by atoms with Crippen molar-refractivity contribution in [3.05, 3.63) is 102 Å². The molecule has 0 fully saturated rings. The number of aromatic nitrogens is 1. The third-order valence-electron chi connectivity index (χ3n) is 6.62. The van der Waals surface area contributed by atoms with E-state index in [1.54, 1.807) is 4.90 Å². The number of nitrogens with zero attached hydrogens (tertiary/aromatic N) is 2. The van der Waals surface area contributed by atoms with Gasteiger partial charge in [0.2, 0.25) is 5.91 Å². The van der Waals surface area contributed by atoms with E-state index in [1.165, 1.54) is 16.5 Å². The number of carbonyl (C=O) groups excluding carboxylic acids is 2. The molecule has 6 heteroatoms. The van der Waals surface area contributed by atoms with E-state index in [4.69, 9.17) is 0 Å². The van der Waals surface area contributed by atoms with Gasteiger partial charge in [-0.2, -0.15) is 0 Å². The molecule has 0 aliphatic rings. The van der Waals surface area contributed by atoms with Crippen molar-refractivity contribution < 1.29 is 9.59 Å². The van der Waals surface area contributed by atoms with Crippen LogP contribution in [0.25, 0.3) is 10.9 Å². The summed E-state index contributed by atoms with van der Waals surface area (Å²) in [6, 6.07) is 25.8. The molecule has 3 amide bonds. The minimum absolute atomic E-state index is 0.0352. The zero-order valence-corrected chi connectivity index (χ0v) is 21.7. The monoisotopic (exact) mass is 496 g/mol. The lowest BCUT2D eigenvalue weighted by Gasteiger charge is -2.28. The van der Waals surface area contributed by atoms with Gasteiger partial charge in [0.1, 0.15) is 6.54 Å². The zero-order valence-electron chi connectivity index (χ0n) is 21.7. The summed E-state index contributed by atoms with van der Waals surface area (Å²) >= 11 is 0. The Morgan fingerprint density at radius 1 is 0.811 bits per heavy atom. The van der Waals surface area contributed by atoms with Crippen LogP contribution in [0.5, 0.6) is 0 Å². The first-order valence-corrected chi connectivity index (χ1v) is 13.1. The Hall–Kier alpha value is -4.06. The lowest BCUT2D eigenvalue weighted by Crippen LogP contribution is -2.45. The SMILES string of the molecule is CCCN(CC(=O)N(CCc1c[nH]c2ccccc12)Cc1ccccc1)C(=O)Nc1ccc(CC)cc1. The number of urea groups is 1. The fraction of sp³-hybridized carbons (Fsp3) is 0.290. The number of hydrogen-bond acceptors (Lipinski definition) is 2. The Kier molecular flexibility index (Phi) is 8.98. The normalized spacial score (nSPS) is 10.9. The quantitative estimate of drug-likeness (QED) is 0.258. The van der Waals surface area contributed by atoms with Crippen molar-refractivity contribution in [1.29, 1.82) is 0 Å². The average molecular weight is 497 g/mol. The van der Waals surface area contributed by atoms with Crippen LogP contribution < -0.4 is 5.32 Å². The number of para-hydroxylation sites is 1. The van der Waals surface area contributed by atoms with Crippen molar-refractivity contribution in [3.8, 4) is 0 Å². The molecule has 192 valence electrons. The van der Waals surface area contributed by atoms with E-state index < -0.39 is 0 Å². The second-order valence-corrected chi connectivity index (χ2v) is 9.31. The topological polar surface area (TPSA) is 68.4 Å². The zero-order chi connectivity index (χ0) is 26.0. The molecule has 4 aromatic rings. The van der Waals surface area contributed by atoms with Gasteiger partial charge in [0.05, 0.1) is 0 Å². The van der Waals surface area contributed by atoms with Crippen molar-refractivity contribution in [2.24, 2.45) is 0 Å². The Balaban J connectivity index is 1.47. The third kappa shape index (κ3) is 7.00. The first-order valence-electron chi connectivity index (χ1n) is 13.1. The van der Waals surface area contributed by atoms with Crippen LogP contribution in [-0.2, 0) is 24.2 Å². The molecule has 0 unspecified atom stereocenters. The summed E-state index contributed by atoms with van der Waals surface area (Å²) in [4.78, 5) is 33.5. The number of nitrogens with one attached hydrogen (secondary N) is 2. The minimum Gasteiger partial charge on any atom is -0.361 e. The molecule has 1 aromatic heterocycles. The highest BCUT2D eigenvalue weighted by Crippen LogP contribution is 2.19. The predicted octanol–water partition coefficient (Wildman–Crippen LogP) is 6.25. The number of fused-ring (bicyclic) bond motifs is 1. The molecule has 0 saturated heterocycles. The van der Waals surface area contributed by atoms with Crippen molar-refractivity contribution in [1.82, 2.24) is 14.8 Å². The number of carbonyl (C=O) groups is 2. The molecule has 0 aliphatic carbocycles. The smallest absolute Gasteiger partial charge is 0.322 e. The standard InChI is InChI=1S/C31H36N4O2/c1-3-19-35(31(37)33-27-16-14-24(4-2)15-17-27)23-30(36)34(22-25-10-6-5-7-11-25)20-18-26-21-32-29-13-9-8-12-28(26)29/h5-17,21,32H,3-4,18-20,22-23H2,1-2H3,(H,33,37). The van der Waals surface area contributed by atoms with Crippen LogP contribution in [0.1, 0.15) is 37.0 Å². The fourth-order valence-corrected chi connectivity index (χ4v) is 4.50. The van der Waals surface area contributed by atoms with E-state index in [0.717, 1.165) is 36.0 Å². The number of H-pyrrole nitrogens is 1. The van der Waals surface area contributed by atoms with Gasteiger partial charge >= 0.3 is 6.03 Å². The van der Waals surface area contributed by atoms with E-state index in [-0.39, 0.29) is 18.5 Å². The maximum absolute atomic E-state index is 13.6. The van der Waals surface area contributed by atoms with Crippen LogP contribution in [0.3, 0.4) is 0 Å². The summed E-state index contributed by atoms with van der Waals surface area (Å²) in [6.45, 7) is 5.72. The molecule has 0 aliphatic heterocycles. The van der Waals surface area contributed by atoms with Gasteiger partial charge in [0.25, 0.3) is 0 Å². The number of amides is 3. The van der Waals surface area contributed by atoms with Gasteiger partial charge in [0.15, 0.2) is 0 Å². The maximum Gasteiger partial charge on any atom is 0.322 e. The lowest BCUT2D eigenvalue weighted by molar-refractivity contribution is -0.132. The third-order valence-corrected chi connectivity index (χ3v) is 6.62. The number of aryl methyl sites for hydroxylation is 1. The molecule has 0 saturated carbocycles. The Bertz CT molecular complexity index is 1300. The maximum atomic E-state index is 13.6. The molecule has 0 radical (unpaired) electrons. The first-order chi connectivity index (χ1) is 18.1. The summed E-state index contributed by atoms with van der Waals surface area (Å²) < 4.78 is 0. The van der Waals surface area contributed by atoms with Gasteiger partial charge < -0.3 is 20.1 Å². The van der Waals surface area contributed by atoms with Crippen LogP contribution >= 0.6 is 0 Å². The average Bonchev–Trinajstić information content (AvgIpc) is 3.34. The molecule has 37 heavy (non-hydrogen) atoms. The highest BCUT2D eigenvalue weighted by atomic mass is 16.2. The van der Waals surface area contributed by atoms with Crippen LogP contribution in [-0.4, -0.2) is 46.4 Å². The second-order valence-electron chi connectivity index (χ2n) is 9.31. The fourth-order valence-electron chi connectivity index (χ4n) is 4.50. The molecule has 0 bridgehead atoms. The summed E-state index contributed by atoms with van der Waals surface area (Å²) in [5, 5.41) is 4.14. The summed E-state index contributed by atoms with van der Waals surface area (Å²) in [7, 11) is 0. The predicted molar refractivity (Wildman–Crippen MR) is 151 cm³/mol. The molecule has 4 rings (SSSR count). The molecular formula is C31H36N4O2. The number of benzene rings is 3. The Morgan fingerprint density at radius 3 is 2.27 bits per heavy atom. The molecular weight excluding hydrogens is 460 g/mol. The summed E-state index contributed by atoms with van der Waals surface area (Å²) in [6.07, 6.45) is 4.47. The molecule has 2 N–H and O–H groups in total. The second kappa shape index (κ2) is 12.8. The van der Waals surface area contributed by atoms with Crippen LogP contribution in [0.4, 0.5) is 10.5 Å². The van der Waals surface area contributed by atoms with Crippen LogP contribution in [0.15, 0.2) is 85.1 Å². The van der Waals surface area contributed by atoms with Crippen molar-refractivity contribution in [2.45, 2.75) is 39.7 Å². The minimum atomic E-state index is -0.254. The van der Waals surface area contributed by atoms with E-state index >= 15 is 0 Å². The van der Waals surface area contributed by atoms with Gasteiger partial charge in [-0.3, -0.25) is 4.79 Å². The van der Waals surface area contributed by atoms with Gasteiger partial charge in [-0.25, -0.2) is 4.79 Å². The largest absolute Gasteiger partial charge is 0.361 e. The molecule has 6 nitrogen and oxygen atoms in total. The number of anilines is 1. The Morgan fingerprint density at radius 2 is 1.54 bits per heavy atom. The van der Waals surface area contributed by atoms with Gasteiger partial charge in [-0.1, -0.05) is 74.5 Å². The molecule has 1 heterocycles. The molecule has 0 atom stereocenters. The van der Waals surface area contributed by atoms with Crippen molar-refractivity contribution >= 4 is 28.5 Å². The van der Waals surface area contributed by atoms with Crippen molar-refractivity contribution in [2.75, 3.05) is 25.0 Å².